The van der Waals surface area contributed by atoms with E-state index in [9.17, 15) is 9.59 Å². The fourth-order valence-electron chi connectivity index (χ4n) is 1.73. The molecule has 1 N–H and O–H groups in total. The normalized spacial score (nSPS) is 20.3. The lowest BCUT2D eigenvalue weighted by Gasteiger charge is -2.30. The number of carbonyl (C=O) groups excluding carboxylic acids is 1. The standard InChI is InChI=1S/C11H13NO4S/c1-7-5-17-6-8(7)10(13)12-2-3-16-9(4-12)11(14)15/h5-6,9H,2-4H2,1H3,(H,14,15)/t9-/m1/s1. The summed E-state index contributed by atoms with van der Waals surface area (Å²) in [6.07, 6.45) is -0.911. The minimum Gasteiger partial charge on any atom is -0.479 e. The molecule has 1 aliphatic heterocycles. The molecular weight excluding hydrogens is 242 g/mol. The van der Waals surface area contributed by atoms with Gasteiger partial charge in [-0.25, -0.2) is 4.79 Å². The van der Waals surface area contributed by atoms with E-state index in [1.807, 2.05) is 12.3 Å². The highest BCUT2D eigenvalue weighted by Crippen LogP contribution is 2.17. The maximum absolute atomic E-state index is 12.1. The first-order valence-corrected chi connectivity index (χ1v) is 6.20. The molecule has 5 nitrogen and oxygen atoms in total. The van der Waals surface area contributed by atoms with Crippen LogP contribution in [0.3, 0.4) is 0 Å². The van der Waals surface area contributed by atoms with Crippen LogP contribution < -0.4 is 0 Å². The Hall–Kier alpha value is -1.40. The minimum atomic E-state index is -1.02. The Morgan fingerprint density at radius 2 is 2.29 bits per heavy atom. The van der Waals surface area contributed by atoms with Crippen molar-refractivity contribution in [1.29, 1.82) is 0 Å². The van der Waals surface area contributed by atoms with Gasteiger partial charge in [-0.3, -0.25) is 4.79 Å². The molecule has 0 unspecified atom stereocenters. The summed E-state index contributed by atoms with van der Waals surface area (Å²) in [5.41, 5.74) is 1.58. The Morgan fingerprint density at radius 3 is 2.88 bits per heavy atom. The third kappa shape index (κ3) is 2.48. The van der Waals surface area contributed by atoms with E-state index in [1.165, 1.54) is 16.2 Å². The van der Waals surface area contributed by atoms with Crippen molar-refractivity contribution in [3.05, 3.63) is 21.9 Å². The third-order valence-corrected chi connectivity index (χ3v) is 3.58. The largest absolute Gasteiger partial charge is 0.479 e. The lowest BCUT2D eigenvalue weighted by molar-refractivity contribution is -0.154. The summed E-state index contributed by atoms with van der Waals surface area (Å²) in [7, 11) is 0. The second kappa shape index (κ2) is 4.85. The van der Waals surface area contributed by atoms with Crippen LogP contribution >= 0.6 is 11.3 Å². The second-order valence-corrected chi connectivity index (χ2v) is 4.66. The number of rotatable bonds is 2. The molecule has 0 spiro atoms. The molecule has 1 amide bonds. The first kappa shape index (κ1) is 12.1. The van der Waals surface area contributed by atoms with Crippen molar-refractivity contribution in [3.63, 3.8) is 0 Å². The fraction of sp³-hybridized carbons (Fsp3) is 0.455. The Morgan fingerprint density at radius 1 is 1.53 bits per heavy atom. The monoisotopic (exact) mass is 255 g/mol. The molecule has 2 rings (SSSR count). The van der Waals surface area contributed by atoms with Crippen LogP contribution in [0.25, 0.3) is 0 Å². The molecule has 0 aromatic carbocycles. The lowest BCUT2D eigenvalue weighted by atomic mass is 10.1. The number of amides is 1. The zero-order valence-corrected chi connectivity index (χ0v) is 10.2. The molecule has 0 radical (unpaired) electrons. The first-order chi connectivity index (χ1) is 8.09. The Kier molecular flexibility index (Phi) is 3.44. The quantitative estimate of drug-likeness (QED) is 0.855. The van der Waals surface area contributed by atoms with E-state index in [4.69, 9.17) is 9.84 Å². The van der Waals surface area contributed by atoms with E-state index >= 15 is 0 Å². The number of carbonyl (C=O) groups is 2. The van der Waals surface area contributed by atoms with Gasteiger partial charge in [-0.1, -0.05) is 0 Å². The zero-order chi connectivity index (χ0) is 12.4. The average molecular weight is 255 g/mol. The second-order valence-electron chi connectivity index (χ2n) is 3.92. The smallest absolute Gasteiger partial charge is 0.334 e. The molecule has 1 aliphatic rings. The summed E-state index contributed by atoms with van der Waals surface area (Å²) in [5, 5.41) is 12.6. The summed E-state index contributed by atoms with van der Waals surface area (Å²) in [5.74, 6) is -1.14. The number of hydrogen-bond donors (Lipinski definition) is 1. The molecule has 92 valence electrons. The number of nitrogens with zero attached hydrogens (tertiary/aromatic N) is 1. The van der Waals surface area contributed by atoms with Crippen molar-refractivity contribution >= 4 is 23.2 Å². The molecule has 1 fully saturated rings. The zero-order valence-electron chi connectivity index (χ0n) is 9.38. The van der Waals surface area contributed by atoms with Gasteiger partial charge in [-0.15, -0.1) is 0 Å². The molecular formula is C11H13NO4S. The van der Waals surface area contributed by atoms with Crippen molar-refractivity contribution in [3.8, 4) is 0 Å². The molecule has 17 heavy (non-hydrogen) atoms. The van der Waals surface area contributed by atoms with Gasteiger partial charge in [0.2, 0.25) is 0 Å². The fourth-order valence-corrected chi connectivity index (χ4v) is 2.56. The maximum atomic E-state index is 12.1. The Bertz CT molecular complexity index is 442. The number of aryl methyl sites for hydroxylation is 1. The van der Waals surface area contributed by atoms with Gasteiger partial charge in [0.05, 0.1) is 18.7 Å². The van der Waals surface area contributed by atoms with E-state index in [0.717, 1.165) is 5.56 Å². The van der Waals surface area contributed by atoms with Gasteiger partial charge in [-0.2, -0.15) is 11.3 Å². The molecule has 1 atom stereocenters. The van der Waals surface area contributed by atoms with Crippen LogP contribution in [-0.2, 0) is 9.53 Å². The van der Waals surface area contributed by atoms with E-state index in [1.54, 1.807) is 5.38 Å². The van der Waals surface area contributed by atoms with Crippen LogP contribution in [0.4, 0.5) is 0 Å². The van der Waals surface area contributed by atoms with Crippen LogP contribution in [0, 0.1) is 6.92 Å². The number of aliphatic carboxylic acids is 1. The van der Waals surface area contributed by atoms with Crippen molar-refractivity contribution < 1.29 is 19.4 Å². The van der Waals surface area contributed by atoms with Gasteiger partial charge in [0.25, 0.3) is 5.91 Å². The van der Waals surface area contributed by atoms with Gasteiger partial charge in [-0.05, 0) is 17.9 Å². The van der Waals surface area contributed by atoms with Crippen molar-refractivity contribution in [2.45, 2.75) is 13.0 Å². The summed E-state index contributed by atoms with van der Waals surface area (Å²) in [6.45, 7) is 2.70. The first-order valence-electron chi connectivity index (χ1n) is 5.26. The SMILES string of the molecule is Cc1cscc1C(=O)N1CCO[C@@H](C(=O)O)C1. The highest BCUT2D eigenvalue weighted by molar-refractivity contribution is 7.08. The van der Waals surface area contributed by atoms with E-state index < -0.39 is 12.1 Å². The number of hydrogen-bond acceptors (Lipinski definition) is 4. The molecule has 0 aliphatic carbocycles. The van der Waals surface area contributed by atoms with Gasteiger partial charge in [0.15, 0.2) is 6.10 Å². The number of thiophene rings is 1. The van der Waals surface area contributed by atoms with Crippen LogP contribution in [0.1, 0.15) is 15.9 Å². The van der Waals surface area contributed by atoms with Crippen LogP contribution in [-0.4, -0.2) is 47.7 Å². The van der Waals surface area contributed by atoms with E-state index in [0.29, 0.717) is 12.1 Å². The third-order valence-electron chi connectivity index (χ3n) is 2.72. The van der Waals surface area contributed by atoms with Gasteiger partial charge in [0, 0.05) is 11.9 Å². The highest BCUT2D eigenvalue weighted by Gasteiger charge is 2.29. The van der Waals surface area contributed by atoms with Crippen molar-refractivity contribution in [2.75, 3.05) is 19.7 Å². The summed E-state index contributed by atoms with van der Waals surface area (Å²) >= 11 is 1.47. The number of carboxylic acids is 1. The van der Waals surface area contributed by atoms with Gasteiger partial charge >= 0.3 is 5.97 Å². The Balaban J connectivity index is 2.10. The van der Waals surface area contributed by atoms with Gasteiger partial charge < -0.3 is 14.7 Å². The number of morpholine rings is 1. The molecule has 0 bridgehead atoms. The highest BCUT2D eigenvalue weighted by atomic mass is 32.1. The lowest BCUT2D eigenvalue weighted by Crippen LogP contribution is -2.48. The number of carboxylic acid groups (broad SMARTS) is 1. The van der Waals surface area contributed by atoms with Crippen LogP contribution in [0.2, 0.25) is 0 Å². The summed E-state index contributed by atoms with van der Waals surface area (Å²) < 4.78 is 5.08. The van der Waals surface area contributed by atoms with Gasteiger partial charge in [0.1, 0.15) is 0 Å². The van der Waals surface area contributed by atoms with E-state index in [-0.39, 0.29) is 19.1 Å². The molecule has 0 saturated carbocycles. The van der Waals surface area contributed by atoms with Crippen LogP contribution in [0.5, 0.6) is 0 Å². The predicted molar refractivity (Wildman–Crippen MR) is 62.3 cm³/mol. The molecule has 1 aromatic rings. The topological polar surface area (TPSA) is 66.8 Å². The minimum absolute atomic E-state index is 0.113. The molecule has 6 heteroatoms. The maximum Gasteiger partial charge on any atom is 0.334 e. The summed E-state index contributed by atoms with van der Waals surface area (Å²) in [6, 6.07) is 0. The molecule has 2 heterocycles. The Labute approximate surface area is 103 Å². The van der Waals surface area contributed by atoms with Crippen molar-refractivity contribution in [1.82, 2.24) is 4.90 Å². The molecule has 1 aromatic heterocycles. The van der Waals surface area contributed by atoms with E-state index in [2.05, 4.69) is 0 Å². The average Bonchev–Trinajstić information content (AvgIpc) is 2.74. The molecule has 1 saturated heterocycles. The van der Waals surface area contributed by atoms with Crippen LogP contribution in [0.15, 0.2) is 10.8 Å². The summed E-state index contributed by atoms with van der Waals surface area (Å²) in [4.78, 5) is 24.5. The number of ether oxygens (including phenoxy) is 1. The van der Waals surface area contributed by atoms with Crippen molar-refractivity contribution in [2.24, 2.45) is 0 Å². The predicted octanol–water partition coefficient (Wildman–Crippen LogP) is 0.982.